The number of nitrogens with zero attached hydrogens (tertiary/aromatic N) is 1. The molecule has 0 atom stereocenters. The highest BCUT2D eigenvalue weighted by atomic mass is 16.3. The fourth-order valence-electron chi connectivity index (χ4n) is 9.09. The molecule has 12 aromatic rings. The van der Waals surface area contributed by atoms with Crippen LogP contribution in [0.5, 0.6) is 0 Å². The molecule has 0 aliphatic rings. The number of rotatable bonds is 8. The SMILES string of the molecule is c1ccc(-c2cccc(-c3ccc(N(c4ccc(-c5ccc6c(c5)oc5ccccc56)cc4)c4ccc(-c5ccc6oc7c(-c8ccccc8)cccc7c6c5)cc4)cc3)c2)cc1. The summed E-state index contributed by atoms with van der Waals surface area (Å²) < 4.78 is 12.7. The van der Waals surface area contributed by atoms with Gasteiger partial charge in [-0.3, -0.25) is 0 Å². The number of hydrogen-bond acceptors (Lipinski definition) is 3. The summed E-state index contributed by atoms with van der Waals surface area (Å²) in [7, 11) is 0. The van der Waals surface area contributed by atoms with Crippen molar-refractivity contribution in [1.82, 2.24) is 0 Å². The Morgan fingerprint density at radius 1 is 0.238 bits per heavy atom. The Morgan fingerprint density at radius 2 is 0.683 bits per heavy atom. The van der Waals surface area contributed by atoms with Crippen LogP contribution in [0.1, 0.15) is 0 Å². The fraction of sp³-hybridized carbons (Fsp3) is 0. The molecule has 0 spiro atoms. The number of benzene rings is 10. The van der Waals surface area contributed by atoms with Gasteiger partial charge in [-0.1, -0.05) is 164 Å². The first-order valence-corrected chi connectivity index (χ1v) is 21.4. The largest absolute Gasteiger partial charge is 0.456 e. The minimum atomic E-state index is 0.885. The van der Waals surface area contributed by atoms with Crippen LogP contribution in [0.15, 0.2) is 245 Å². The lowest BCUT2D eigenvalue weighted by Crippen LogP contribution is -2.09. The van der Waals surface area contributed by atoms with Crippen LogP contribution >= 0.6 is 0 Å². The molecule has 3 nitrogen and oxygen atoms in total. The average molecular weight is 806 g/mol. The van der Waals surface area contributed by atoms with Gasteiger partial charge in [0.05, 0.1) is 0 Å². The molecule has 0 radical (unpaired) electrons. The summed E-state index contributed by atoms with van der Waals surface area (Å²) >= 11 is 0. The Hall–Kier alpha value is -8.40. The number of anilines is 3. The number of fused-ring (bicyclic) bond motifs is 6. The first kappa shape index (κ1) is 36.5. The zero-order valence-corrected chi connectivity index (χ0v) is 34.3. The number of para-hydroxylation sites is 2. The van der Waals surface area contributed by atoms with Gasteiger partial charge in [-0.15, -0.1) is 0 Å². The maximum atomic E-state index is 6.50. The van der Waals surface area contributed by atoms with Gasteiger partial charge in [-0.2, -0.15) is 0 Å². The summed E-state index contributed by atoms with van der Waals surface area (Å²) in [6.07, 6.45) is 0. The Labute approximate surface area is 365 Å². The molecule has 12 rings (SSSR count). The molecule has 0 N–H and O–H groups in total. The van der Waals surface area contributed by atoms with Crippen LogP contribution in [0, 0.1) is 0 Å². The van der Waals surface area contributed by atoms with Crippen molar-refractivity contribution in [1.29, 1.82) is 0 Å². The van der Waals surface area contributed by atoms with Crippen LogP contribution in [0.4, 0.5) is 17.1 Å². The van der Waals surface area contributed by atoms with Crippen LogP contribution in [-0.2, 0) is 0 Å². The molecule has 0 aliphatic carbocycles. The third-order valence-corrected chi connectivity index (χ3v) is 12.3. The summed E-state index contributed by atoms with van der Waals surface area (Å²) in [5, 5.41) is 4.50. The lowest BCUT2D eigenvalue weighted by molar-refractivity contribution is 0.669. The normalized spacial score (nSPS) is 11.5. The topological polar surface area (TPSA) is 29.5 Å². The second-order valence-corrected chi connectivity index (χ2v) is 16.1. The van der Waals surface area contributed by atoms with Gasteiger partial charge in [0.2, 0.25) is 0 Å². The molecule has 0 saturated carbocycles. The van der Waals surface area contributed by atoms with E-state index in [1.807, 2.05) is 18.2 Å². The van der Waals surface area contributed by atoms with Gasteiger partial charge in [-0.05, 0) is 123 Å². The molecule has 0 unspecified atom stereocenters. The number of furan rings is 2. The van der Waals surface area contributed by atoms with E-state index >= 15 is 0 Å². The lowest BCUT2D eigenvalue weighted by Gasteiger charge is -2.26. The summed E-state index contributed by atoms with van der Waals surface area (Å²) in [6.45, 7) is 0. The Bertz CT molecular complexity index is 3580. The van der Waals surface area contributed by atoms with Gasteiger partial charge >= 0.3 is 0 Å². The molecule has 2 aromatic heterocycles. The van der Waals surface area contributed by atoms with Gasteiger partial charge < -0.3 is 13.7 Å². The van der Waals surface area contributed by atoms with E-state index in [1.165, 1.54) is 22.3 Å². The molecule has 63 heavy (non-hydrogen) atoms. The zero-order chi connectivity index (χ0) is 41.7. The van der Waals surface area contributed by atoms with E-state index < -0.39 is 0 Å². The third kappa shape index (κ3) is 6.64. The van der Waals surface area contributed by atoms with Crippen molar-refractivity contribution in [2.75, 3.05) is 4.90 Å². The standard InChI is InChI=1S/C60H39NO2/c1-3-11-40(12-4-1)45-15-9-16-46(37-45)41-21-29-49(30-22-41)61(51-33-25-43(26-34-51)48-27-35-54-53-17-7-8-20-57(53)62-59(54)39-48)50-31-23-42(24-32-50)47-28-36-58-56(38-47)55-19-10-18-52(60(55)63-58)44-13-5-2-6-14-44/h1-39H. The highest BCUT2D eigenvalue weighted by molar-refractivity contribution is 6.10. The van der Waals surface area contributed by atoms with Crippen molar-refractivity contribution >= 4 is 60.9 Å². The Morgan fingerprint density at radius 3 is 1.33 bits per heavy atom. The van der Waals surface area contributed by atoms with Crippen molar-refractivity contribution in [3.8, 4) is 55.6 Å². The van der Waals surface area contributed by atoms with Gasteiger partial charge in [0.25, 0.3) is 0 Å². The van der Waals surface area contributed by atoms with E-state index in [1.54, 1.807) is 0 Å². The number of hydrogen-bond donors (Lipinski definition) is 0. The van der Waals surface area contributed by atoms with Crippen molar-refractivity contribution in [3.05, 3.63) is 237 Å². The molecule has 0 amide bonds. The molecule has 10 aromatic carbocycles. The van der Waals surface area contributed by atoms with Crippen molar-refractivity contribution in [2.45, 2.75) is 0 Å². The Balaban J connectivity index is 0.902. The van der Waals surface area contributed by atoms with Crippen LogP contribution in [0.3, 0.4) is 0 Å². The predicted molar refractivity (Wildman–Crippen MR) is 263 cm³/mol. The maximum absolute atomic E-state index is 6.50. The lowest BCUT2D eigenvalue weighted by atomic mass is 9.98. The quantitative estimate of drug-likeness (QED) is 0.153. The van der Waals surface area contributed by atoms with E-state index in [0.29, 0.717) is 0 Å². The maximum Gasteiger partial charge on any atom is 0.143 e. The van der Waals surface area contributed by atoms with E-state index in [2.05, 4.69) is 223 Å². The van der Waals surface area contributed by atoms with Crippen molar-refractivity contribution < 1.29 is 8.83 Å². The van der Waals surface area contributed by atoms with Gasteiger partial charge in [-0.25, -0.2) is 0 Å². The van der Waals surface area contributed by atoms with Crippen molar-refractivity contribution in [2.24, 2.45) is 0 Å². The molecule has 0 bridgehead atoms. The minimum Gasteiger partial charge on any atom is -0.456 e. The summed E-state index contributed by atoms with van der Waals surface area (Å²) in [5.41, 5.74) is 18.3. The molecule has 3 heteroatoms. The Kier molecular flexibility index (Phi) is 8.83. The molecular formula is C60H39NO2. The van der Waals surface area contributed by atoms with Gasteiger partial charge in [0.1, 0.15) is 22.3 Å². The van der Waals surface area contributed by atoms with E-state index in [4.69, 9.17) is 8.83 Å². The summed E-state index contributed by atoms with van der Waals surface area (Å²) in [4.78, 5) is 2.33. The summed E-state index contributed by atoms with van der Waals surface area (Å²) in [5.74, 6) is 0. The predicted octanol–water partition coefficient (Wildman–Crippen LogP) is 17.3. The van der Waals surface area contributed by atoms with E-state index in [9.17, 15) is 0 Å². The second-order valence-electron chi connectivity index (χ2n) is 16.1. The molecule has 296 valence electrons. The summed E-state index contributed by atoms with van der Waals surface area (Å²) in [6, 6.07) is 84.1. The van der Waals surface area contributed by atoms with Crippen LogP contribution < -0.4 is 4.90 Å². The molecule has 0 aliphatic heterocycles. The first-order valence-electron chi connectivity index (χ1n) is 21.4. The average Bonchev–Trinajstić information content (AvgIpc) is 3.93. The molecule has 0 fully saturated rings. The molecule has 0 saturated heterocycles. The van der Waals surface area contributed by atoms with Gasteiger partial charge in [0, 0.05) is 44.2 Å². The minimum absolute atomic E-state index is 0.885. The second kappa shape index (κ2) is 15.3. The van der Waals surface area contributed by atoms with E-state index in [0.717, 1.165) is 94.3 Å². The van der Waals surface area contributed by atoms with Crippen LogP contribution in [0.2, 0.25) is 0 Å². The molecule has 2 heterocycles. The highest BCUT2D eigenvalue weighted by Crippen LogP contribution is 2.41. The van der Waals surface area contributed by atoms with Crippen LogP contribution in [0.25, 0.3) is 99.5 Å². The highest BCUT2D eigenvalue weighted by Gasteiger charge is 2.17. The van der Waals surface area contributed by atoms with Crippen LogP contribution in [-0.4, -0.2) is 0 Å². The van der Waals surface area contributed by atoms with E-state index in [-0.39, 0.29) is 0 Å². The molecular weight excluding hydrogens is 767 g/mol. The van der Waals surface area contributed by atoms with Gasteiger partial charge in [0.15, 0.2) is 0 Å². The van der Waals surface area contributed by atoms with Crippen molar-refractivity contribution in [3.63, 3.8) is 0 Å². The monoisotopic (exact) mass is 805 g/mol. The zero-order valence-electron chi connectivity index (χ0n) is 34.3. The first-order chi connectivity index (χ1) is 31.2. The smallest absolute Gasteiger partial charge is 0.143 e. The fourth-order valence-corrected chi connectivity index (χ4v) is 9.09. The third-order valence-electron chi connectivity index (χ3n) is 12.3.